The fourth-order valence-corrected chi connectivity index (χ4v) is 5.29. The Kier molecular flexibility index (Phi) is 5.63. The van der Waals surface area contributed by atoms with E-state index in [9.17, 15) is 12.8 Å². The molecular weight excluding hydrogens is 313 g/mol. The largest absolute Gasteiger partial charge is 0.313 e. The van der Waals surface area contributed by atoms with Crippen molar-refractivity contribution >= 4 is 21.4 Å². The van der Waals surface area contributed by atoms with Gasteiger partial charge in [-0.3, -0.25) is 0 Å². The Hall–Kier alpha value is -0.650. The van der Waals surface area contributed by atoms with Crippen LogP contribution in [0.1, 0.15) is 31.7 Å². The summed E-state index contributed by atoms with van der Waals surface area (Å²) >= 11 is 6.11. The molecule has 1 aliphatic heterocycles. The normalized spacial score (nSPS) is 22.9. The number of hydrogen-bond donors (Lipinski definition) is 1. The molecule has 0 aromatic heterocycles. The third kappa shape index (κ3) is 4.18. The molecule has 21 heavy (non-hydrogen) atoms. The first-order valence-corrected chi connectivity index (χ1v) is 9.42. The van der Waals surface area contributed by atoms with Crippen molar-refractivity contribution in [2.45, 2.75) is 43.9 Å². The van der Waals surface area contributed by atoms with Crippen LogP contribution in [0.3, 0.4) is 0 Å². The van der Waals surface area contributed by atoms with E-state index in [1.54, 1.807) is 0 Å². The average Bonchev–Trinajstić information content (AvgIpc) is 2.42. The van der Waals surface area contributed by atoms with Gasteiger partial charge in [0.1, 0.15) is 5.82 Å². The molecule has 1 aromatic carbocycles. The maximum Gasteiger partial charge on any atom is 0.154 e. The summed E-state index contributed by atoms with van der Waals surface area (Å²) in [6, 6.07) is 4.00. The lowest BCUT2D eigenvalue weighted by atomic mass is 9.99. The van der Waals surface area contributed by atoms with E-state index in [4.69, 9.17) is 11.6 Å². The van der Waals surface area contributed by atoms with Gasteiger partial charge < -0.3 is 5.32 Å². The molecule has 1 aromatic rings. The molecule has 118 valence electrons. The molecule has 1 saturated heterocycles. The zero-order chi connectivity index (χ0) is 15.5. The molecule has 2 rings (SSSR count). The van der Waals surface area contributed by atoms with E-state index in [0.717, 1.165) is 12.8 Å². The molecule has 0 bridgehead atoms. The van der Waals surface area contributed by atoms with Gasteiger partial charge >= 0.3 is 0 Å². The Morgan fingerprint density at radius 1 is 1.43 bits per heavy atom. The number of benzene rings is 1. The van der Waals surface area contributed by atoms with Gasteiger partial charge in [0.05, 0.1) is 11.0 Å². The van der Waals surface area contributed by atoms with Crippen molar-refractivity contribution in [1.29, 1.82) is 0 Å². The van der Waals surface area contributed by atoms with Crippen molar-refractivity contribution in [3.8, 4) is 0 Å². The molecule has 6 heteroatoms. The summed E-state index contributed by atoms with van der Waals surface area (Å²) in [7, 11) is -3.09. The number of nitrogens with one attached hydrogen (secondary N) is 1. The van der Waals surface area contributed by atoms with Gasteiger partial charge in [0.15, 0.2) is 9.84 Å². The molecule has 2 unspecified atom stereocenters. The number of hydrogen-bond acceptors (Lipinski definition) is 3. The van der Waals surface area contributed by atoms with Crippen molar-refractivity contribution in [3.63, 3.8) is 0 Å². The lowest BCUT2D eigenvalue weighted by molar-refractivity contribution is 0.440. The minimum atomic E-state index is -3.09. The second kappa shape index (κ2) is 7.07. The van der Waals surface area contributed by atoms with Gasteiger partial charge in [-0.1, -0.05) is 24.9 Å². The first kappa shape index (κ1) is 16.7. The molecule has 2 atom stereocenters. The van der Waals surface area contributed by atoms with E-state index in [2.05, 4.69) is 5.32 Å². The van der Waals surface area contributed by atoms with Gasteiger partial charge in [-0.2, -0.15) is 0 Å². The summed E-state index contributed by atoms with van der Waals surface area (Å²) in [5.74, 6) is -0.104. The summed E-state index contributed by atoms with van der Waals surface area (Å²) in [5, 5.41) is 3.31. The topological polar surface area (TPSA) is 46.2 Å². The molecular formula is C15H21ClFNO2S. The average molecular weight is 334 g/mol. The van der Waals surface area contributed by atoms with Crippen molar-refractivity contribution in [3.05, 3.63) is 34.6 Å². The minimum absolute atomic E-state index is 0.223. The van der Waals surface area contributed by atoms with E-state index in [-0.39, 0.29) is 17.6 Å². The molecule has 0 radical (unpaired) electrons. The minimum Gasteiger partial charge on any atom is -0.313 e. The summed E-state index contributed by atoms with van der Waals surface area (Å²) < 4.78 is 38.0. The van der Waals surface area contributed by atoms with Crippen LogP contribution < -0.4 is 5.32 Å². The monoisotopic (exact) mass is 333 g/mol. The van der Waals surface area contributed by atoms with Gasteiger partial charge in [-0.05, 0) is 49.6 Å². The smallest absolute Gasteiger partial charge is 0.154 e. The first-order chi connectivity index (χ1) is 9.94. The van der Waals surface area contributed by atoms with Crippen molar-refractivity contribution in [2.24, 2.45) is 0 Å². The van der Waals surface area contributed by atoms with Crippen LogP contribution in [0.25, 0.3) is 0 Å². The fourth-order valence-electron chi connectivity index (χ4n) is 2.97. The third-order valence-corrected chi connectivity index (χ3v) is 6.70. The first-order valence-electron chi connectivity index (χ1n) is 7.33. The fraction of sp³-hybridized carbons (Fsp3) is 0.600. The summed E-state index contributed by atoms with van der Waals surface area (Å²) in [6.07, 6.45) is 2.74. The van der Waals surface area contributed by atoms with Crippen LogP contribution in [0.4, 0.5) is 4.39 Å². The molecule has 3 nitrogen and oxygen atoms in total. The van der Waals surface area contributed by atoms with E-state index in [1.807, 2.05) is 6.92 Å². The van der Waals surface area contributed by atoms with E-state index < -0.39 is 15.1 Å². The highest BCUT2D eigenvalue weighted by Crippen LogP contribution is 2.26. The zero-order valence-electron chi connectivity index (χ0n) is 12.1. The van der Waals surface area contributed by atoms with Crippen LogP contribution in [-0.2, 0) is 16.3 Å². The predicted octanol–water partition coefficient (Wildman–Crippen LogP) is 2.97. The molecule has 0 saturated carbocycles. The lowest BCUT2D eigenvalue weighted by Gasteiger charge is -2.31. The number of halogens is 2. The van der Waals surface area contributed by atoms with Crippen LogP contribution >= 0.6 is 11.6 Å². The third-order valence-electron chi connectivity index (χ3n) is 3.99. The Bertz CT molecular complexity index is 591. The quantitative estimate of drug-likeness (QED) is 0.901. The van der Waals surface area contributed by atoms with Crippen molar-refractivity contribution < 1.29 is 12.8 Å². The summed E-state index contributed by atoms with van der Waals surface area (Å²) in [4.78, 5) is 0. The summed E-state index contributed by atoms with van der Waals surface area (Å²) in [6.45, 7) is 2.61. The Labute approximate surface area is 130 Å². The highest BCUT2D eigenvalue weighted by molar-refractivity contribution is 7.92. The van der Waals surface area contributed by atoms with E-state index in [0.29, 0.717) is 30.0 Å². The standard InChI is InChI=1S/C15H21ClFNO2S/c1-2-18-14(15-5-3-4-8-21(15,19)20)10-11-9-12(17)6-7-13(11)16/h6-7,9,14-15,18H,2-5,8,10H2,1H3. The Balaban J connectivity index is 2.24. The summed E-state index contributed by atoms with van der Waals surface area (Å²) in [5.41, 5.74) is 0.656. The highest BCUT2D eigenvalue weighted by atomic mass is 35.5. The SMILES string of the molecule is CCNC(Cc1cc(F)ccc1Cl)C1CCCCS1(=O)=O. The molecule has 0 amide bonds. The number of rotatable bonds is 5. The van der Waals surface area contributed by atoms with Crippen molar-refractivity contribution in [2.75, 3.05) is 12.3 Å². The molecule has 0 aliphatic carbocycles. The zero-order valence-corrected chi connectivity index (χ0v) is 13.7. The number of sulfone groups is 1. The lowest BCUT2D eigenvalue weighted by Crippen LogP contribution is -2.47. The van der Waals surface area contributed by atoms with Gasteiger partial charge in [0.2, 0.25) is 0 Å². The van der Waals surface area contributed by atoms with Crippen LogP contribution in [0.2, 0.25) is 5.02 Å². The van der Waals surface area contributed by atoms with Crippen LogP contribution in [0.5, 0.6) is 0 Å². The number of likely N-dealkylation sites (N-methyl/N-ethyl adjacent to an activating group) is 1. The Morgan fingerprint density at radius 2 is 2.19 bits per heavy atom. The highest BCUT2D eigenvalue weighted by Gasteiger charge is 2.35. The maximum atomic E-state index is 13.4. The molecule has 1 fully saturated rings. The molecule has 1 heterocycles. The van der Waals surface area contributed by atoms with Crippen LogP contribution in [0.15, 0.2) is 18.2 Å². The molecule has 1 aliphatic rings. The molecule has 0 spiro atoms. The maximum absolute atomic E-state index is 13.4. The van der Waals surface area contributed by atoms with Gasteiger partial charge in [0, 0.05) is 11.1 Å². The predicted molar refractivity (Wildman–Crippen MR) is 84.0 cm³/mol. The van der Waals surface area contributed by atoms with E-state index in [1.165, 1.54) is 18.2 Å². The van der Waals surface area contributed by atoms with Gasteiger partial charge in [-0.15, -0.1) is 0 Å². The van der Waals surface area contributed by atoms with Gasteiger partial charge in [0.25, 0.3) is 0 Å². The Morgan fingerprint density at radius 3 is 2.86 bits per heavy atom. The van der Waals surface area contributed by atoms with E-state index >= 15 is 0 Å². The second-order valence-corrected chi connectivity index (χ2v) is 8.25. The van der Waals surface area contributed by atoms with Crippen molar-refractivity contribution in [1.82, 2.24) is 5.32 Å². The van der Waals surface area contributed by atoms with Crippen LogP contribution in [-0.4, -0.2) is 32.0 Å². The van der Waals surface area contributed by atoms with Gasteiger partial charge in [-0.25, -0.2) is 12.8 Å². The van der Waals surface area contributed by atoms with Crippen LogP contribution in [0, 0.1) is 5.82 Å². The molecule has 1 N–H and O–H groups in total. The second-order valence-electron chi connectivity index (χ2n) is 5.51.